The Kier molecular flexibility index (Phi) is 4.76. The molecule has 1 aromatic carbocycles. The van der Waals surface area contributed by atoms with Crippen molar-refractivity contribution in [1.82, 2.24) is 14.4 Å². The van der Waals surface area contributed by atoms with Crippen molar-refractivity contribution in [3.05, 3.63) is 60.2 Å². The molecule has 25 heavy (non-hydrogen) atoms. The van der Waals surface area contributed by atoms with Gasteiger partial charge in [0.2, 0.25) is 0 Å². The third kappa shape index (κ3) is 3.51. The number of carbonyl (C=O) groups excluding carboxylic acids is 1. The van der Waals surface area contributed by atoms with Crippen molar-refractivity contribution in [3.8, 4) is 11.3 Å². The molecule has 3 N–H and O–H groups in total. The van der Waals surface area contributed by atoms with Crippen LogP contribution in [0.4, 0.5) is 5.82 Å². The summed E-state index contributed by atoms with van der Waals surface area (Å²) in [6.07, 6.45) is 4.56. The van der Waals surface area contributed by atoms with Crippen LogP contribution < -0.4 is 11.1 Å². The Labute approximate surface area is 148 Å². The summed E-state index contributed by atoms with van der Waals surface area (Å²) in [7, 11) is 1.46. The van der Waals surface area contributed by atoms with E-state index in [2.05, 4.69) is 20.3 Å². The lowest BCUT2D eigenvalue weighted by Gasteiger charge is -2.06. The van der Waals surface area contributed by atoms with Gasteiger partial charge in [0.05, 0.1) is 10.7 Å². The highest BCUT2D eigenvalue weighted by molar-refractivity contribution is 6.61. The van der Waals surface area contributed by atoms with Crippen LogP contribution in [0.5, 0.6) is 0 Å². The van der Waals surface area contributed by atoms with E-state index in [1.54, 1.807) is 16.8 Å². The number of hydrogen-bond donors (Lipinski definition) is 2. The molecule has 7 nitrogen and oxygen atoms in total. The number of imidazole rings is 1. The van der Waals surface area contributed by atoms with Gasteiger partial charge in [-0.15, -0.1) is 0 Å². The Morgan fingerprint density at radius 3 is 2.80 bits per heavy atom. The van der Waals surface area contributed by atoms with E-state index in [1.807, 2.05) is 36.5 Å². The van der Waals surface area contributed by atoms with Crippen LogP contribution >= 0.6 is 11.6 Å². The van der Waals surface area contributed by atoms with Gasteiger partial charge in [0, 0.05) is 31.1 Å². The average molecular weight is 355 g/mol. The third-order valence-corrected chi connectivity index (χ3v) is 3.78. The first-order valence-corrected chi connectivity index (χ1v) is 7.76. The quantitative estimate of drug-likeness (QED) is 0.703. The summed E-state index contributed by atoms with van der Waals surface area (Å²) >= 11 is 5.87. The maximum Gasteiger partial charge on any atom is 0.276 e. The molecule has 0 spiro atoms. The number of halogens is 1. The highest BCUT2D eigenvalue weighted by Gasteiger charge is 2.15. The first-order chi connectivity index (χ1) is 12.1. The number of carbonyl (C=O) groups is 1. The van der Waals surface area contributed by atoms with Crippen LogP contribution in [0.1, 0.15) is 0 Å². The summed E-state index contributed by atoms with van der Waals surface area (Å²) < 4.78 is 1.78. The molecule has 1 amide bonds. The highest BCUT2D eigenvalue weighted by atomic mass is 35.5. The molecule has 0 saturated heterocycles. The van der Waals surface area contributed by atoms with Gasteiger partial charge in [0.15, 0.2) is 0 Å². The molecule has 0 saturated carbocycles. The van der Waals surface area contributed by atoms with Gasteiger partial charge in [-0.05, 0) is 0 Å². The van der Waals surface area contributed by atoms with Crippen LogP contribution in [-0.4, -0.2) is 33.0 Å². The van der Waals surface area contributed by atoms with Gasteiger partial charge in [-0.1, -0.05) is 41.9 Å². The fraction of sp³-hybridized carbons (Fsp3) is 0.0588. The number of nitrogens with zero attached hydrogens (tertiary/aromatic N) is 4. The standard InChI is InChI=1S/C17H15ClN6O/c1-20-16(12(18)8-19)17(25)23-14-7-15-22-13(9-24(15)10-21-14)11-5-3-2-4-6-11/h2-10H,19H2,1H3,(H,23,25). The van der Waals surface area contributed by atoms with Gasteiger partial charge in [0.1, 0.15) is 23.5 Å². The van der Waals surface area contributed by atoms with E-state index in [4.69, 9.17) is 17.3 Å². The van der Waals surface area contributed by atoms with Crippen LogP contribution in [0.25, 0.3) is 16.9 Å². The van der Waals surface area contributed by atoms with E-state index in [0.29, 0.717) is 11.5 Å². The van der Waals surface area contributed by atoms with Crippen LogP contribution in [0, 0.1) is 0 Å². The Bertz CT molecular complexity index is 977. The largest absolute Gasteiger partial charge is 0.403 e. The first kappa shape index (κ1) is 16.7. The van der Waals surface area contributed by atoms with Crippen molar-refractivity contribution >= 4 is 34.7 Å². The summed E-state index contributed by atoms with van der Waals surface area (Å²) in [5.74, 6) is -0.161. The fourth-order valence-corrected chi connectivity index (χ4v) is 2.45. The first-order valence-electron chi connectivity index (χ1n) is 7.38. The molecule has 0 bridgehead atoms. The molecule has 0 aliphatic heterocycles. The number of fused-ring (bicyclic) bond motifs is 1. The SMILES string of the molecule is CN=C(C(=O)Nc1cc2nc(-c3ccccc3)cn2cn1)C(Cl)=CN. The third-order valence-electron chi connectivity index (χ3n) is 3.47. The molecule has 3 aromatic rings. The predicted molar refractivity (Wildman–Crippen MR) is 98.5 cm³/mol. The van der Waals surface area contributed by atoms with Gasteiger partial charge < -0.3 is 11.1 Å². The van der Waals surface area contributed by atoms with Gasteiger partial charge in [-0.3, -0.25) is 14.2 Å². The lowest BCUT2D eigenvalue weighted by Crippen LogP contribution is -2.24. The number of aliphatic imine (C=N–C) groups is 1. The van der Waals surface area contributed by atoms with E-state index in [-0.39, 0.29) is 10.7 Å². The van der Waals surface area contributed by atoms with Crippen molar-refractivity contribution in [1.29, 1.82) is 0 Å². The van der Waals surface area contributed by atoms with Crippen molar-refractivity contribution in [2.75, 3.05) is 12.4 Å². The maximum absolute atomic E-state index is 12.2. The van der Waals surface area contributed by atoms with Crippen LogP contribution in [0.3, 0.4) is 0 Å². The molecular weight excluding hydrogens is 340 g/mol. The number of aromatic nitrogens is 3. The molecule has 2 heterocycles. The summed E-state index contributed by atoms with van der Waals surface area (Å²) in [4.78, 5) is 24.8. The monoisotopic (exact) mass is 354 g/mol. The average Bonchev–Trinajstić information content (AvgIpc) is 3.06. The van der Waals surface area contributed by atoms with Crippen molar-refractivity contribution in [2.24, 2.45) is 10.7 Å². The summed E-state index contributed by atoms with van der Waals surface area (Å²) in [6, 6.07) is 11.5. The van der Waals surface area contributed by atoms with Gasteiger partial charge in [-0.2, -0.15) is 0 Å². The second-order valence-electron chi connectivity index (χ2n) is 5.07. The number of anilines is 1. The molecule has 8 heteroatoms. The summed E-state index contributed by atoms with van der Waals surface area (Å²) in [5, 5.41) is 2.70. The Balaban J connectivity index is 1.88. The fourth-order valence-electron chi connectivity index (χ4n) is 2.28. The van der Waals surface area contributed by atoms with E-state index in [1.165, 1.54) is 7.05 Å². The number of rotatable bonds is 4. The molecule has 0 atom stereocenters. The minimum Gasteiger partial charge on any atom is -0.403 e. The predicted octanol–water partition coefficient (Wildman–Crippen LogP) is 2.44. The highest BCUT2D eigenvalue weighted by Crippen LogP contribution is 2.19. The normalized spacial score (nSPS) is 12.4. The zero-order valence-electron chi connectivity index (χ0n) is 13.3. The maximum atomic E-state index is 12.2. The molecule has 0 aliphatic carbocycles. The van der Waals surface area contributed by atoms with Crippen LogP contribution in [0.15, 0.2) is 65.1 Å². The van der Waals surface area contributed by atoms with Crippen LogP contribution in [0.2, 0.25) is 0 Å². The number of benzene rings is 1. The lowest BCUT2D eigenvalue weighted by molar-refractivity contribution is -0.110. The van der Waals surface area contributed by atoms with E-state index in [9.17, 15) is 4.79 Å². The molecule has 126 valence electrons. The zero-order valence-corrected chi connectivity index (χ0v) is 14.1. The van der Waals surface area contributed by atoms with Crippen molar-refractivity contribution in [2.45, 2.75) is 0 Å². The Morgan fingerprint density at radius 2 is 2.12 bits per heavy atom. The lowest BCUT2D eigenvalue weighted by atomic mass is 10.2. The number of amides is 1. The van der Waals surface area contributed by atoms with Crippen LogP contribution in [-0.2, 0) is 4.79 Å². The summed E-state index contributed by atoms with van der Waals surface area (Å²) in [5.41, 5.74) is 7.82. The molecule has 3 rings (SSSR count). The Morgan fingerprint density at radius 1 is 1.36 bits per heavy atom. The van der Waals surface area contributed by atoms with Gasteiger partial charge in [-0.25, -0.2) is 9.97 Å². The minimum atomic E-state index is -0.499. The minimum absolute atomic E-state index is 0.0270. The van der Waals surface area contributed by atoms with Crippen molar-refractivity contribution < 1.29 is 4.79 Å². The number of nitrogens with two attached hydrogens (primary N) is 1. The van der Waals surface area contributed by atoms with Gasteiger partial charge >= 0.3 is 0 Å². The molecular formula is C17H15ClN6O. The molecule has 0 unspecified atom stereocenters. The molecule has 2 aromatic heterocycles. The van der Waals surface area contributed by atoms with E-state index in [0.717, 1.165) is 17.5 Å². The number of hydrogen-bond acceptors (Lipinski definition) is 5. The van der Waals surface area contributed by atoms with E-state index >= 15 is 0 Å². The molecule has 0 fully saturated rings. The van der Waals surface area contributed by atoms with Crippen molar-refractivity contribution in [3.63, 3.8) is 0 Å². The van der Waals surface area contributed by atoms with Gasteiger partial charge in [0.25, 0.3) is 5.91 Å². The van der Waals surface area contributed by atoms with E-state index < -0.39 is 5.91 Å². The Hall–Kier alpha value is -3.19. The summed E-state index contributed by atoms with van der Waals surface area (Å²) in [6.45, 7) is 0. The zero-order chi connectivity index (χ0) is 17.8. The second-order valence-corrected chi connectivity index (χ2v) is 5.48. The second kappa shape index (κ2) is 7.14. The molecule has 0 aliphatic rings. The molecule has 0 radical (unpaired) electrons. The topological polar surface area (TPSA) is 97.7 Å². The number of nitrogens with one attached hydrogen (secondary N) is 1. The smallest absolute Gasteiger partial charge is 0.276 e.